The number of nitrogens with zero attached hydrogens (tertiary/aromatic N) is 2. The molecule has 0 amide bonds. The van der Waals surface area contributed by atoms with Crippen LogP contribution in [0.3, 0.4) is 0 Å². The smallest absolute Gasteiger partial charge is 0.340 e. The van der Waals surface area contributed by atoms with E-state index in [1.54, 1.807) is 17.6 Å². The Labute approximate surface area is 176 Å². The van der Waals surface area contributed by atoms with Crippen molar-refractivity contribution >= 4 is 16.9 Å². The second-order valence-electron chi connectivity index (χ2n) is 8.45. The monoisotopic (exact) mass is 418 g/mol. The Bertz CT molecular complexity index is 1420. The van der Waals surface area contributed by atoms with Gasteiger partial charge in [0.1, 0.15) is 12.4 Å². The van der Waals surface area contributed by atoms with Gasteiger partial charge in [-0.15, -0.1) is 6.58 Å². The molecule has 0 radical (unpaired) electrons. The first-order valence-electron chi connectivity index (χ1n) is 10.3. The maximum atomic E-state index is 14.7. The van der Waals surface area contributed by atoms with Crippen molar-refractivity contribution in [2.75, 3.05) is 0 Å². The van der Waals surface area contributed by atoms with Gasteiger partial charge in [0.15, 0.2) is 6.10 Å². The predicted octanol–water partition coefficient (Wildman–Crippen LogP) is 3.18. The first-order valence-corrected chi connectivity index (χ1v) is 10.3. The number of esters is 1. The number of rotatable bonds is 1. The third-order valence-electron chi connectivity index (χ3n) is 6.98. The maximum absolute atomic E-state index is 14.7. The molecule has 2 unspecified atom stereocenters. The fourth-order valence-electron chi connectivity index (χ4n) is 5.37. The first kappa shape index (κ1) is 18.4. The van der Waals surface area contributed by atoms with E-state index in [1.807, 2.05) is 6.08 Å². The second kappa shape index (κ2) is 6.11. The highest BCUT2D eigenvalue weighted by Crippen LogP contribution is 2.46. The van der Waals surface area contributed by atoms with Crippen LogP contribution in [0.15, 0.2) is 29.6 Å². The van der Waals surface area contributed by atoms with Gasteiger partial charge in [0.25, 0.3) is 5.56 Å². The minimum atomic E-state index is -1.50. The lowest BCUT2D eigenvalue weighted by Gasteiger charge is -2.27. The van der Waals surface area contributed by atoms with Crippen molar-refractivity contribution in [3.05, 3.63) is 74.3 Å². The molecule has 0 saturated heterocycles. The molecule has 6 rings (SSSR count). The zero-order valence-corrected chi connectivity index (χ0v) is 16.9. The summed E-state index contributed by atoms with van der Waals surface area (Å²) in [4.78, 5) is 29.8. The molecule has 0 saturated carbocycles. The van der Waals surface area contributed by atoms with Crippen LogP contribution in [0.1, 0.15) is 51.8 Å². The van der Waals surface area contributed by atoms with E-state index in [0.717, 1.165) is 34.9 Å². The van der Waals surface area contributed by atoms with Gasteiger partial charge >= 0.3 is 5.97 Å². The molecule has 2 atom stereocenters. The summed E-state index contributed by atoms with van der Waals surface area (Å²) in [6.45, 7) is 5.97. The number of carbonyl (C=O) groups excluding carboxylic acids is 1. The van der Waals surface area contributed by atoms with Gasteiger partial charge in [0.2, 0.25) is 0 Å². The van der Waals surface area contributed by atoms with Gasteiger partial charge < -0.3 is 14.4 Å². The lowest BCUT2D eigenvalue weighted by molar-refractivity contribution is -0.157. The van der Waals surface area contributed by atoms with Crippen LogP contribution in [0, 0.1) is 12.7 Å². The number of cyclic esters (lactones) is 1. The number of ether oxygens (including phenoxy) is 1. The van der Waals surface area contributed by atoms with E-state index in [9.17, 15) is 19.1 Å². The Morgan fingerprint density at radius 1 is 1.29 bits per heavy atom. The highest BCUT2D eigenvalue weighted by Gasteiger charge is 2.36. The number of benzene rings is 1. The van der Waals surface area contributed by atoms with Gasteiger partial charge in [-0.05, 0) is 42.5 Å². The zero-order valence-electron chi connectivity index (χ0n) is 16.9. The van der Waals surface area contributed by atoms with Crippen molar-refractivity contribution < 1.29 is 19.0 Å². The van der Waals surface area contributed by atoms with Gasteiger partial charge in [-0.25, -0.2) is 14.2 Å². The summed E-state index contributed by atoms with van der Waals surface area (Å²) >= 11 is 0. The number of allylic oxidation sites excluding steroid dienone is 1. The van der Waals surface area contributed by atoms with Crippen molar-refractivity contribution in [2.24, 2.45) is 0 Å². The van der Waals surface area contributed by atoms with Crippen LogP contribution in [-0.2, 0) is 29.1 Å². The molecule has 156 valence electrons. The Kier molecular flexibility index (Phi) is 3.63. The number of fused-ring (bicyclic) bond motifs is 5. The summed E-state index contributed by atoms with van der Waals surface area (Å²) in [6, 6.07) is 3.10. The molecule has 3 aliphatic rings. The molecule has 7 heteroatoms. The van der Waals surface area contributed by atoms with E-state index >= 15 is 0 Å². The molecule has 0 bridgehead atoms. The first-order chi connectivity index (χ1) is 14.9. The molecule has 31 heavy (non-hydrogen) atoms. The summed E-state index contributed by atoms with van der Waals surface area (Å²) in [7, 11) is 0. The molecular weight excluding hydrogens is 399 g/mol. The zero-order chi connectivity index (χ0) is 21.6. The molecule has 4 heterocycles. The van der Waals surface area contributed by atoms with Crippen LogP contribution in [0.5, 0.6) is 0 Å². The number of aryl methyl sites for hydroxylation is 1. The SMILES string of the molecule is C=CC1CCc2c(C)c(F)cc3nc4c(c1c23)Cn1c-4cc2c(c1=O)COC(=O)C2O. The number of carbonyl (C=O) groups is 1. The number of pyridine rings is 2. The van der Waals surface area contributed by atoms with Crippen molar-refractivity contribution in [3.8, 4) is 11.4 Å². The van der Waals surface area contributed by atoms with Crippen LogP contribution in [0.25, 0.3) is 22.3 Å². The van der Waals surface area contributed by atoms with Gasteiger partial charge in [-0.2, -0.15) is 0 Å². The van der Waals surface area contributed by atoms with E-state index in [2.05, 4.69) is 6.58 Å². The molecule has 2 aromatic heterocycles. The summed E-state index contributed by atoms with van der Waals surface area (Å²) in [5.74, 6) is -0.991. The van der Waals surface area contributed by atoms with Crippen molar-refractivity contribution in [1.82, 2.24) is 9.55 Å². The Balaban J connectivity index is 1.71. The lowest BCUT2D eigenvalue weighted by atomic mass is 9.78. The molecule has 1 aromatic carbocycles. The van der Waals surface area contributed by atoms with Gasteiger partial charge in [0, 0.05) is 28.5 Å². The third-order valence-corrected chi connectivity index (χ3v) is 6.98. The fourth-order valence-corrected chi connectivity index (χ4v) is 5.37. The Morgan fingerprint density at radius 2 is 2.10 bits per heavy atom. The van der Waals surface area contributed by atoms with E-state index in [0.29, 0.717) is 29.0 Å². The average Bonchev–Trinajstić information content (AvgIpc) is 3.13. The highest BCUT2D eigenvalue weighted by molar-refractivity contribution is 5.93. The number of halogens is 1. The number of hydrogen-bond donors (Lipinski definition) is 1. The van der Waals surface area contributed by atoms with E-state index in [-0.39, 0.29) is 35.0 Å². The van der Waals surface area contributed by atoms with Gasteiger partial charge in [-0.1, -0.05) is 6.08 Å². The predicted molar refractivity (Wildman–Crippen MR) is 111 cm³/mol. The molecule has 1 N–H and O–H groups in total. The minimum Gasteiger partial charge on any atom is -0.458 e. The number of aliphatic hydroxyl groups excluding tert-OH is 1. The summed E-state index contributed by atoms with van der Waals surface area (Å²) in [5.41, 5.74) is 5.49. The van der Waals surface area contributed by atoms with E-state index < -0.39 is 12.1 Å². The normalized spacial score (nSPS) is 20.8. The van der Waals surface area contributed by atoms with Crippen LogP contribution < -0.4 is 5.56 Å². The second-order valence-corrected chi connectivity index (χ2v) is 8.45. The summed E-state index contributed by atoms with van der Waals surface area (Å²) < 4.78 is 21.2. The Hall–Kier alpha value is -3.32. The van der Waals surface area contributed by atoms with E-state index in [4.69, 9.17) is 9.72 Å². The summed E-state index contributed by atoms with van der Waals surface area (Å²) in [6.07, 6.45) is 1.97. The molecule has 2 aliphatic heterocycles. The number of aliphatic hydroxyl groups is 1. The quantitative estimate of drug-likeness (QED) is 0.379. The number of aromatic nitrogens is 2. The molecule has 3 aromatic rings. The largest absolute Gasteiger partial charge is 0.458 e. The van der Waals surface area contributed by atoms with Crippen molar-refractivity contribution in [2.45, 2.75) is 44.9 Å². The molecule has 6 nitrogen and oxygen atoms in total. The van der Waals surface area contributed by atoms with Crippen LogP contribution in [0.4, 0.5) is 4.39 Å². The summed E-state index contributed by atoms with van der Waals surface area (Å²) in [5, 5.41) is 11.2. The van der Waals surface area contributed by atoms with Crippen LogP contribution >= 0.6 is 0 Å². The Morgan fingerprint density at radius 3 is 2.87 bits per heavy atom. The number of hydrogen-bond acceptors (Lipinski definition) is 5. The van der Waals surface area contributed by atoms with Gasteiger partial charge in [0.05, 0.1) is 29.0 Å². The average molecular weight is 418 g/mol. The van der Waals surface area contributed by atoms with Crippen molar-refractivity contribution in [1.29, 1.82) is 0 Å². The van der Waals surface area contributed by atoms with Crippen LogP contribution in [-0.4, -0.2) is 20.6 Å². The highest BCUT2D eigenvalue weighted by atomic mass is 19.1. The molecule has 1 aliphatic carbocycles. The van der Waals surface area contributed by atoms with Gasteiger partial charge in [-0.3, -0.25) is 4.79 Å². The minimum absolute atomic E-state index is 0.0757. The molecule has 0 fully saturated rings. The molecule has 0 spiro atoms. The fraction of sp³-hybridized carbons (Fsp3) is 0.292. The topological polar surface area (TPSA) is 81.4 Å². The third kappa shape index (κ3) is 2.27. The maximum Gasteiger partial charge on any atom is 0.340 e. The lowest BCUT2D eigenvalue weighted by Crippen LogP contribution is -2.32. The van der Waals surface area contributed by atoms with E-state index in [1.165, 1.54) is 6.07 Å². The van der Waals surface area contributed by atoms with Crippen LogP contribution in [0.2, 0.25) is 0 Å². The molecular formula is C24H19FN2O4. The standard InChI is InChI=1S/C24H19FN2O4/c1-3-11-4-5-12-10(2)16(25)7-17-20(12)19(11)14-8-27-18(21(14)26-17)6-13-15(23(27)29)9-31-24(30)22(13)28/h3,6-7,11,22,28H,1,4-5,8-9H2,2H3. The van der Waals surface area contributed by atoms with Crippen molar-refractivity contribution in [3.63, 3.8) is 0 Å².